The van der Waals surface area contributed by atoms with Crippen LogP contribution in [0.1, 0.15) is 20.3 Å². The van der Waals surface area contributed by atoms with E-state index in [2.05, 4.69) is 17.4 Å². The van der Waals surface area contributed by atoms with Crippen LogP contribution >= 0.6 is 0 Å². The maximum Gasteiger partial charge on any atom is 0.435 e. The quantitative estimate of drug-likeness (QED) is 0.223. The summed E-state index contributed by atoms with van der Waals surface area (Å²) in [6.45, 7) is 5.69. The van der Waals surface area contributed by atoms with E-state index in [4.69, 9.17) is 0 Å². The number of hydrogen-bond donors (Lipinski definition) is 2. The minimum Gasteiger partial charge on any atom is -0.395 e. The fourth-order valence-corrected chi connectivity index (χ4v) is 2.56. The Morgan fingerprint density at radius 1 is 1.03 bits per heavy atom. The first-order chi connectivity index (χ1) is 13.8. The lowest BCUT2D eigenvalue weighted by atomic mass is 9.97. The fourth-order valence-electron chi connectivity index (χ4n) is 1.77. The van der Waals surface area contributed by atoms with E-state index >= 15 is 0 Å². The molecule has 1 unspecified atom stereocenters. The van der Waals surface area contributed by atoms with Gasteiger partial charge in [0.05, 0.1) is 4.91 Å². The molecule has 0 amide bonds. The molecule has 0 saturated carbocycles. The van der Waals surface area contributed by atoms with Crippen molar-refractivity contribution in [1.82, 2.24) is 4.83 Å². The molecule has 1 atom stereocenters. The second-order valence-electron chi connectivity index (χ2n) is 5.89. The Morgan fingerprint density at radius 3 is 1.90 bits per heavy atom. The Kier molecular flexibility index (Phi) is 9.43. The Labute approximate surface area is 171 Å². The maximum absolute atomic E-state index is 13.1. The van der Waals surface area contributed by atoms with E-state index in [0.29, 0.717) is 18.2 Å². The van der Waals surface area contributed by atoms with Crippen LogP contribution in [0.5, 0.6) is 0 Å². The van der Waals surface area contributed by atoms with E-state index in [1.165, 1.54) is 13.8 Å². The first-order valence-electron chi connectivity index (χ1n) is 8.09. The molecule has 0 aromatic carbocycles. The Bertz CT molecular complexity index is 877. The van der Waals surface area contributed by atoms with Gasteiger partial charge in [-0.3, -0.25) is 0 Å². The minimum atomic E-state index is -5.55. The molecule has 5 nitrogen and oxygen atoms in total. The van der Waals surface area contributed by atoms with Crippen molar-refractivity contribution in [1.29, 1.82) is 0 Å². The zero-order chi connectivity index (χ0) is 24.8. The molecule has 0 aliphatic carbocycles. The van der Waals surface area contributed by atoms with Crippen LogP contribution in [-0.2, 0) is 10.0 Å². The van der Waals surface area contributed by atoms with E-state index in [-0.39, 0.29) is 6.42 Å². The number of rotatable bonds is 8. The van der Waals surface area contributed by atoms with Gasteiger partial charge in [0.1, 0.15) is 5.70 Å². The molecule has 0 bridgehead atoms. The first-order valence-corrected chi connectivity index (χ1v) is 9.58. The number of halogens is 9. The van der Waals surface area contributed by atoms with Crippen molar-refractivity contribution in [2.75, 3.05) is 0 Å². The molecule has 0 aromatic heterocycles. The summed E-state index contributed by atoms with van der Waals surface area (Å²) in [6, 6.07) is 0. The highest BCUT2D eigenvalue weighted by atomic mass is 32.2. The number of hydrogen-bond acceptors (Lipinski definition) is 4. The third-order valence-corrected chi connectivity index (χ3v) is 4.86. The van der Waals surface area contributed by atoms with Crippen molar-refractivity contribution in [3.05, 3.63) is 47.1 Å². The first kappa shape index (κ1) is 28.5. The molecular formula is C16H18F9N3O2S. The lowest BCUT2D eigenvalue weighted by molar-refractivity contribution is -0.0986. The summed E-state index contributed by atoms with van der Waals surface area (Å²) < 4.78 is 139. The fraction of sp³-hybridized carbons (Fsp3) is 0.438. The summed E-state index contributed by atoms with van der Waals surface area (Å²) in [7, 11) is -5.03. The Morgan fingerprint density at radius 2 is 1.55 bits per heavy atom. The highest BCUT2D eigenvalue weighted by Crippen LogP contribution is 2.33. The molecule has 0 aliphatic rings. The molecule has 0 rings (SSSR count). The molecule has 31 heavy (non-hydrogen) atoms. The molecule has 0 spiro atoms. The predicted molar refractivity (Wildman–Crippen MR) is 95.7 cm³/mol. The Hall–Kier alpha value is -2.45. The number of nitrogens with one attached hydrogen (secondary N) is 1. The Balaban J connectivity index is 6.24. The molecule has 0 fully saturated rings. The topological polar surface area (TPSA) is 84.5 Å². The van der Waals surface area contributed by atoms with Gasteiger partial charge in [0.2, 0.25) is 0 Å². The van der Waals surface area contributed by atoms with Crippen molar-refractivity contribution in [2.45, 2.75) is 38.8 Å². The summed E-state index contributed by atoms with van der Waals surface area (Å²) >= 11 is 0. The van der Waals surface area contributed by atoms with Gasteiger partial charge < -0.3 is 5.73 Å². The number of alkyl halides is 9. The molecule has 0 aromatic rings. The van der Waals surface area contributed by atoms with Crippen molar-refractivity contribution in [2.24, 2.45) is 16.8 Å². The second kappa shape index (κ2) is 10.2. The largest absolute Gasteiger partial charge is 0.435 e. The molecule has 178 valence electrons. The molecule has 0 aliphatic heterocycles. The van der Waals surface area contributed by atoms with Crippen LogP contribution < -0.4 is 10.6 Å². The predicted octanol–water partition coefficient (Wildman–Crippen LogP) is 4.83. The van der Waals surface area contributed by atoms with Crippen LogP contribution in [0.4, 0.5) is 39.5 Å². The zero-order valence-corrected chi connectivity index (χ0v) is 16.8. The number of nitrogens with two attached hydrogens (primary N) is 1. The highest BCUT2D eigenvalue weighted by molar-refractivity contribution is 7.93. The van der Waals surface area contributed by atoms with E-state index in [0.717, 1.165) is 4.83 Å². The summed E-state index contributed by atoms with van der Waals surface area (Å²) in [6.07, 6.45) is -15.0. The van der Waals surface area contributed by atoms with Gasteiger partial charge in [0.25, 0.3) is 10.0 Å². The van der Waals surface area contributed by atoms with Gasteiger partial charge in [-0.05, 0) is 30.6 Å². The summed E-state index contributed by atoms with van der Waals surface area (Å²) in [5.41, 5.74) is -1.21. The molecular weight excluding hydrogens is 469 g/mol. The third kappa shape index (κ3) is 9.06. The van der Waals surface area contributed by atoms with Gasteiger partial charge in [-0.15, -0.1) is 0 Å². The van der Waals surface area contributed by atoms with Gasteiger partial charge in [-0.2, -0.15) is 57.9 Å². The van der Waals surface area contributed by atoms with Crippen LogP contribution in [0.15, 0.2) is 52.2 Å². The highest BCUT2D eigenvalue weighted by Gasteiger charge is 2.39. The maximum atomic E-state index is 13.1. The third-order valence-electron chi connectivity index (χ3n) is 3.61. The van der Waals surface area contributed by atoms with Gasteiger partial charge >= 0.3 is 18.5 Å². The van der Waals surface area contributed by atoms with Crippen LogP contribution in [-0.4, -0.2) is 32.7 Å². The van der Waals surface area contributed by atoms with Gasteiger partial charge in [-0.25, -0.2) is 0 Å². The van der Waals surface area contributed by atoms with Gasteiger partial charge in [-0.1, -0.05) is 26.5 Å². The van der Waals surface area contributed by atoms with Crippen molar-refractivity contribution < 1.29 is 47.9 Å². The molecule has 3 N–H and O–H groups in total. The minimum absolute atomic E-state index is 0.0415. The van der Waals surface area contributed by atoms with Gasteiger partial charge in [0.15, 0.2) is 5.71 Å². The zero-order valence-electron chi connectivity index (χ0n) is 16.0. The van der Waals surface area contributed by atoms with Crippen molar-refractivity contribution >= 4 is 15.7 Å². The number of allylic oxidation sites excluding steroid dienone is 6. The van der Waals surface area contributed by atoms with E-state index in [9.17, 15) is 47.9 Å². The lowest BCUT2D eigenvalue weighted by Crippen LogP contribution is -2.30. The van der Waals surface area contributed by atoms with Crippen molar-refractivity contribution in [3.8, 4) is 0 Å². The average Bonchev–Trinajstić information content (AvgIpc) is 2.58. The monoisotopic (exact) mass is 487 g/mol. The van der Waals surface area contributed by atoms with E-state index in [1.54, 1.807) is 0 Å². The summed E-state index contributed by atoms with van der Waals surface area (Å²) in [5, 5.41) is 2.38. The normalized spacial score (nSPS) is 16.9. The smallest absolute Gasteiger partial charge is 0.395 e. The molecule has 0 saturated heterocycles. The standard InChI is InChI=1S/C16H18F9N3O2S/c1-4-9(3)11(14(17,18)19)7-6-10(5-2)31(29,30)28-27-13(16(23,24)25)8-12(26)15(20,21)22/h5-9,28H,2,4,26H2,1,3H3/b10-6+,11-7+,12-8?,27-13?. The average molecular weight is 487 g/mol. The van der Waals surface area contributed by atoms with Crippen LogP contribution in [0.2, 0.25) is 0 Å². The molecule has 0 heterocycles. The van der Waals surface area contributed by atoms with E-state index in [1.807, 2.05) is 0 Å². The van der Waals surface area contributed by atoms with E-state index < -0.39 is 62.4 Å². The van der Waals surface area contributed by atoms with Crippen LogP contribution in [0, 0.1) is 5.92 Å². The molecule has 0 radical (unpaired) electrons. The SMILES string of the molecule is C=C/C(=C\C=C(/C(C)CC)C(F)(F)F)S(=O)(=O)NN=C(C=C(N)C(F)(F)F)C(F)(F)F. The van der Waals surface area contributed by atoms with Gasteiger partial charge in [0, 0.05) is 5.57 Å². The molecule has 15 heteroatoms. The van der Waals surface area contributed by atoms with Crippen LogP contribution in [0.3, 0.4) is 0 Å². The second-order valence-corrected chi connectivity index (χ2v) is 7.55. The summed E-state index contributed by atoms with van der Waals surface area (Å²) in [5.74, 6) is -1.04. The van der Waals surface area contributed by atoms with Crippen molar-refractivity contribution in [3.63, 3.8) is 0 Å². The number of sulfonamides is 1. The number of nitrogens with zero attached hydrogens (tertiary/aromatic N) is 1. The summed E-state index contributed by atoms with van der Waals surface area (Å²) in [4.78, 5) is -0.0161. The van der Waals surface area contributed by atoms with Crippen LogP contribution in [0.25, 0.3) is 0 Å². The lowest BCUT2D eigenvalue weighted by Gasteiger charge is -2.17. The number of hydrazone groups is 1.